The van der Waals surface area contributed by atoms with Gasteiger partial charge in [-0.25, -0.2) is 0 Å². The average Bonchev–Trinajstić information content (AvgIpc) is 2.68. The summed E-state index contributed by atoms with van der Waals surface area (Å²) < 4.78 is 0. The Morgan fingerprint density at radius 3 is 2.27 bits per heavy atom. The summed E-state index contributed by atoms with van der Waals surface area (Å²) in [5, 5.41) is 3.54. The van der Waals surface area contributed by atoms with E-state index < -0.39 is 0 Å². The zero-order valence-corrected chi connectivity index (χ0v) is 11.6. The molecule has 0 spiro atoms. The van der Waals surface area contributed by atoms with Gasteiger partial charge in [-0.15, -0.1) is 0 Å². The summed E-state index contributed by atoms with van der Waals surface area (Å²) >= 11 is 0. The molecule has 1 aliphatic heterocycles. The van der Waals surface area contributed by atoms with E-state index in [9.17, 15) is 0 Å². The quantitative estimate of drug-likeness (QED) is 0.777. The van der Waals surface area contributed by atoms with Gasteiger partial charge in [0.2, 0.25) is 0 Å². The Bertz CT molecular complexity index is 143. The van der Waals surface area contributed by atoms with Crippen LogP contribution in [0.4, 0.5) is 0 Å². The van der Waals surface area contributed by atoms with Gasteiger partial charge in [0.15, 0.2) is 0 Å². The van der Waals surface area contributed by atoms with Gasteiger partial charge in [0, 0.05) is 11.6 Å². The molecule has 1 unspecified atom stereocenters. The van der Waals surface area contributed by atoms with E-state index in [1.54, 1.807) is 0 Å². The predicted octanol–water partition coefficient (Wildman–Crippen LogP) is 2.89. The number of hydrogen-bond acceptors (Lipinski definition) is 2. The minimum absolute atomic E-state index is 0.318. The van der Waals surface area contributed by atoms with Crippen LogP contribution in [0.2, 0.25) is 0 Å². The third-order valence-corrected chi connectivity index (χ3v) is 3.12. The van der Waals surface area contributed by atoms with E-state index in [2.05, 4.69) is 38.0 Å². The maximum absolute atomic E-state index is 3.54. The highest BCUT2D eigenvalue weighted by Gasteiger charge is 2.19. The van der Waals surface area contributed by atoms with Crippen molar-refractivity contribution in [2.24, 2.45) is 0 Å². The van der Waals surface area contributed by atoms with Gasteiger partial charge in [-0.05, 0) is 60.2 Å². The minimum Gasteiger partial charge on any atom is -0.314 e. The molecule has 1 heterocycles. The zero-order valence-electron chi connectivity index (χ0n) is 11.6. The number of rotatable bonds is 3. The fourth-order valence-corrected chi connectivity index (χ4v) is 1.69. The van der Waals surface area contributed by atoms with Crippen LogP contribution >= 0.6 is 0 Å². The molecule has 0 aliphatic carbocycles. The highest BCUT2D eigenvalue weighted by atomic mass is 15.2. The second-order valence-electron chi connectivity index (χ2n) is 5.17. The van der Waals surface area contributed by atoms with Crippen LogP contribution in [-0.2, 0) is 0 Å². The summed E-state index contributed by atoms with van der Waals surface area (Å²) in [5.41, 5.74) is 0.318. The van der Waals surface area contributed by atoms with Crippen LogP contribution in [-0.4, -0.2) is 36.6 Å². The fraction of sp³-hybridized carbons (Fsp3) is 1.00. The smallest absolute Gasteiger partial charge is 0.0122 e. The van der Waals surface area contributed by atoms with Crippen molar-refractivity contribution in [3.8, 4) is 0 Å². The summed E-state index contributed by atoms with van der Waals surface area (Å²) in [6.07, 6.45) is 4.04. The SMILES string of the molecule is CC.CN(CCC1CCCN1)C(C)(C)C. The monoisotopic (exact) mass is 214 g/mol. The summed E-state index contributed by atoms with van der Waals surface area (Å²) in [6, 6.07) is 0.782. The molecule has 15 heavy (non-hydrogen) atoms. The molecule has 0 aromatic carbocycles. The van der Waals surface area contributed by atoms with Crippen LogP contribution < -0.4 is 5.32 Å². The molecule has 0 saturated carbocycles. The first-order valence-electron chi connectivity index (χ1n) is 6.45. The van der Waals surface area contributed by atoms with E-state index >= 15 is 0 Å². The lowest BCUT2D eigenvalue weighted by Crippen LogP contribution is -2.40. The van der Waals surface area contributed by atoms with E-state index in [1.807, 2.05) is 13.8 Å². The highest BCUT2D eigenvalue weighted by molar-refractivity contribution is 4.78. The molecule has 1 aliphatic rings. The van der Waals surface area contributed by atoms with Crippen LogP contribution in [0.15, 0.2) is 0 Å². The summed E-state index contributed by atoms with van der Waals surface area (Å²) in [4.78, 5) is 2.44. The topological polar surface area (TPSA) is 15.3 Å². The van der Waals surface area contributed by atoms with Gasteiger partial charge in [0.1, 0.15) is 0 Å². The van der Waals surface area contributed by atoms with Crippen LogP contribution in [0.1, 0.15) is 53.9 Å². The molecular formula is C13H30N2. The van der Waals surface area contributed by atoms with E-state index in [0.29, 0.717) is 5.54 Å². The van der Waals surface area contributed by atoms with E-state index in [4.69, 9.17) is 0 Å². The molecule has 0 aromatic heterocycles. The molecule has 0 radical (unpaired) electrons. The summed E-state index contributed by atoms with van der Waals surface area (Å²) in [5.74, 6) is 0. The Kier molecular flexibility index (Phi) is 7.20. The van der Waals surface area contributed by atoms with Crippen LogP contribution in [0.25, 0.3) is 0 Å². The normalized spacial score (nSPS) is 21.4. The Hall–Kier alpha value is -0.0800. The van der Waals surface area contributed by atoms with Crippen molar-refractivity contribution in [1.29, 1.82) is 0 Å². The van der Waals surface area contributed by atoms with Crippen molar-refractivity contribution < 1.29 is 0 Å². The zero-order chi connectivity index (χ0) is 11.9. The number of nitrogens with one attached hydrogen (secondary N) is 1. The second-order valence-corrected chi connectivity index (χ2v) is 5.17. The molecule has 1 N–H and O–H groups in total. The van der Waals surface area contributed by atoms with Crippen molar-refractivity contribution in [2.75, 3.05) is 20.1 Å². The second kappa shape index (κ2) is 7.24. The van der Waals surface area contributed by atoms with Crippen LogP contribution in [0.3, 0.4) is 0 Å². The predicted molar refractivity (Wildman–Crippen MR) is 69.4 cm³/mol. The number of nitrogens with zero attached hydrogens (tertiary/aromatic N) is 1. The maximum Gasteiger partial charge on any atom is 0.0122 e. The summed E-state index contributed by atoms with van der Waals surface area (Å²) in [7, 11) is 2.22. The molecule has 2 heteroatoms. The first-order chi connectivity index (χ1) is 7.00. The fourth-order valence-electron chi connectivity index (χ4n) is 1.69. The van der Waals surface area contributed by atoms with Gasteiger partial charge in [0.05, 0.1) is 0 Å². The molecule has 0 amide bonds. The standard InChI is InChI=1S/C11H24N2.C2H6/c1-11(2,3)13(4)9-7-10-6-5-8-12-10;1-2/h10,12H,5-9H2,1-4H3;1-2H3. The van der Waals surface area contributed by atoms with Gasteiger partial charge >= 0.3 is 0 Å². The van der Waals surface area contributed by atoms with Crippen molar-refractivity contribution >= 4 is 0 Å². The molecule has 0 aromatic rings. The maximum atomic E-state index is 3.54. The highest BCUT2D eigenvalue weighted by Crippen LogP contribution is 2.14. The van der Waals surface area contributed by atoms with Gasteiger partial charge in [-0.2, -0.15) is 0 Å². The average molecular weight is 214 g/mol. The Labute approximate surface area is 96.4 Å². The first kappa shape index (κ1) is 14.9. The number of hydrogen-bond donors (Lipinski definition) is 1. The molecule has 1 rings (SSSR count). The Morgan fingerprint density at radius 2 is 1.87 bits per heavy atom. The Balaban J connectivity index is 0.000000921. The van der Waals surface area contributed by atoms with Crippen molar-refractivity contribution in [3.05, 3.63) is 0 Å². The van der Waals surface area contributed by atoms with Gasteiger partial charge in [-0.3, -0.25) is 0 Å². The van der Waals surface area contributed by atoms with Gasteiger partial charge in [-0.1, -0.05) is 13.8 Å². The third kappa shape index (κ3) is 6.16. The third-order valence-electron chi connectivity index (χ3n) is 3.12. The molecule has 1 fully saturated rings. The van der Waals surface area contributed by atoms with Crippen molar-refractivity contribution in [2.45, 2.75) is 65.5 Å². The van der Waals surface area contributed by atoms with E-state index in [-0.39, 0.29) is 0 Å². The van der Waals surface area contributed by atoms with E-state index in [0.717, 1.165) is 6.04 Å². The van der Waals surface area contributed by atoms with Gasteiger partial charge < -0.3 is 10.2 Å². The first-order valence-corrected chi connectivity index (χ1v) is 6.45. The Morgan fingerprint density at radius 1 is 1.27 bits per heavy atom. The molecule has 1 saturated heterocycles. The van der Waals surface area contributed by atoms with Crippen LogP contribution in [0.5, 0.6) is 0 Å². The van der Waals surface area contributed by atoms with Crippen molar-refractivity contribution in [3.63, 3.8) is 0 Å². The molecule has 0 bridgehead atoms. The lowest BCUT2D eigenvalue weighted by atomic mass is 10.1. The molecule has 2 nitrogen and oxygen atoms in total. The lowest BCUT2D eigenvalue weighted by molar-refractivity contribution is 0.168. The molecule has 92 valence electrons. The molecule has 1 atom stereocenters. The van der Waals surface area contributed by atoms with E-state index in [1.165, 1.54) is 32.4 Å². The van der Waals surface area contributed by atoms with Crippen LogP contribution in [0, 0.1) is 0 Å². The van der Waals surface area contributed by atoms with Crippen molar-refractivity contribution in [1.82, 2.24) is 10.2 Å². The lowest BCUT2D eigenvalue weighted by Gasteiger charge is -2.32. The molecular weight excluding hydrogens is 184 g/mol. The van der Waals surface area contributed by atoms with Gasteiger partial charge in [0.25, 0.3) is 0 Å². The largest absolute Gasteiger partial charge is 0.314 e. The minimum atomic E-state index is 0.318. The summed E-state index contributed by atoms with van der Waals surface area (Å²) in [6.45, 7) is 13.3.